The first-order valence-corrected chi connectivity index (χ1v) is 5.25. The van der Waals surface area contributed by atoms with Crippen molar-refractivity contribution in [3.63, 3.8) is 0 Å². The first-order valence-electron chi connectivity index (χ1n) is 5.25. The van der Waals surface area contributed by atoms with Gasteiger partial charge in [-0.15, -0.1) is 0 Å². The highest BCUT2D eigenvalue weighted by atomic mass is 16.6. The quantitative estimate of drug-likeness (QED) is 0.643. The van der Waals surface area contributed by atoms with Crippen LogP contribution in [0.15, 0.2) is 29.4 Å². The Kier molecular flexibility index (Phi) is 5.00. The van der Waals surface area contributed by atoms with Gasteiger partial charge in [0.2, 0.25) is 0 Å². The minimum Gasteiger partial charge on any atom is -0.497 e. The molecule has 92 valence electrons. The molecule has 0 unspecified atom stereocenters. The summed E-state index contributed by atoms with van der Waals surface area (Å²) < 4.78 is 9.91. The van der Waals surface area contributed by atoms with E-state index in [-0.39, 0.29) is 6.10 Å². The molecule has 5 nitrogen and oxygen atoms in total. The van der Waals surface area contributed by atoms with Gasteiger partial charge in [0, 0.05) is 0 Å². The number of rotatable bonds is 4. The molecule has 0 aliphatic carbocycles. The second-order valence-electron chi connectivity index (χ2n) is 3.60. The highest BCUT2D eigenvalue weighted by molar-refractivity contribution is 5.81. The molecule has 5 heteroatoms. The average molecular weight is 236 g/mol. The van der Waals surface area contributed by atoms with Crippen molar-refractivity contribution in [1.82, 2.24) is 5.43 Å². The summed E-state index contributed by atoms with van der Waals surface area (Å²) in [5.41, 5.74) is 3.10. The van der Waals surface area contributed by atoms with Crippen LogP contribution in [-0.2, 0) is 4.74 Å². The fourth-order valence-electron chi connectivity index (χ4n) is 1.12. The monoisotopic (exact) mass is 236 g/mol. The van der Waals surface area contributed by atoms with Crippen molar-refractivity contribution >= 4 is 12.3 Å². The molecule has 1 amide bonds. The van der Waals surface area contributed by atoms with E-state index >= 15 is 0 Å². The van der Waals surface area contributed by atoms with Gasteiger partial charge in [0.15, 0.2) is 0 Å². The first kappa shape index (κ1) is 13.0. The minimum absolute atomic E-state index is 0.165. The van der Waals surface area contributed by atoms with Crippen molar-refractivity contribution in [3.05, 3.63) is 29.8 Å². The molecule has 0 bridgehead atoms. The highest BCUT2D eigenvalue weighted by Crippen LogP contribution is 2.10. The third kappa shape index (κ3) is 5.01. The summed E-state index contributed by atoms with van der Waals surface area (Å²) >= 11 is 0. The van der Waals surface area contributed by atoms with Crippen LogP contribution in [0.2, 0.25) is 0 Å². The molecular formula is C12H16N2O3. The first-order chi connectivity index (χ1) is 8.11. The molecule has 0 aliphatic heterocycles. The number of hydrogen-bond acceptors (Lipinski definition) is 4. The maximum atomic E-state index is 11.1. The molecule has 0 saturated carbocycles. The van der Waals surface area contributed by atoms with Crippen LogP contribution in [0.5, 0.6) is 5.75 Å². The van der Waals surface area contributed by atoms with Crippen LogP contribution in [0.3, 0.4) is 0 Å². The predicted molar refractivity (Wildman–Crippen MR) is 65.3 cm³/mol. The van der Waals surface area contributed by atoms with E-state index in [4.69, 9.17) is 9.47 Å². The molecule has 0 aliphatic rings. The Morgan fingerprint density at radius 1 is 1.47 bits per heavy atom. The van der Waals surface area contributed by atoms with E-state index in [9.17, 15) is 4.79 Å². The molecule has 0 radical (unpaired) electrons. The molecular weight excluding hydrogens is 220 g/mol. The Hall–Kier alpha value is -2.04. The van der Waals surface area contributed by atoms with E-state index in [1.165, 1.54) is 6.21 Å². The van der Waals surface area contributed by atoms with E-state index in [1.54, 1.807) is 27.0 Å². The van der Waals surface area contributed by atoms with Crippen molar-refractivity contribution in [2.45, 2.75) is 20.0 Å². The summed E-state index contributed by atoms with van der Waals surface area (Å²) in [5, 5.41) is 3.76. The third-order valence-electron chi connectivity index (χ3n) is 1.81. The Morgan fingerprint density at radius 2 is 2.24 bits per heavy atom. The van der Waals surface area contributed by atoms with Crippen LogP contribution in [0.1, 0.15) is 19.4 Å². The number of nitrogens with one attached hydrogen (secondary N) is 1. The van der Waals surface area contributed by atoms with Crippen molar-refractivity contribution in [2.24, 2.45) is 5.10 Å². The molecule has 0 aromatic heterocycles. The Morgan fingerprint density at radius 3 is 2.88 bits per heavy atom. The maximum absolute atomic E-state index is 11.1. The number of methoxy groups -OCH3 is 1. The van der Waals surface area contributed by atoms with Gasteiger partial charge in [0.1, 0.15) is 5.75 Å². The van der Waals surface area contributed by atoms with Crippen molar-refractivity contribution in [3.8, 4) is 5.75 Å². The number of amides is 1. The smallest absolute Gasteiger partial charge is 0.427 e. The van der Waals surface area contributed by atoms with E-state index in [0.29, 0.717) is 0 Å². The van der Waals surface area contributed by atoms with Crippen LogP contribution in [0, 0.1) is 0 Å². The summed E-state index contributed by atoms with van der Waals surface area (Å²) in [4.78, 5) is 11.1. The minimum atomic E-state index is -0.570. The zero-order valence-electron chi connectivity index (χ0n) is 10.1. The Labute approximate surface area is 100 Å². The summed E-state index contributed by atoms with van der Waals surface area (Å²) in [7, 11) is 1.59. The largest absolute Gasteiger partial charge is 0.497 e. The summed E-state index contributed by atoms with van der Waals surface area (Å²) in [6, 6.07) is 7.32. The molecule has 0 spiro atoms. The van der Waals surface area contributed by atoms with Crippen LogP contribution in [0.4, 0.5) is 4.79 Å². The zero-order valence-corrected chi connectivity index (χ0v) is 10.1. The second kappa shape index (κ2) is 6.52. The number of carbonyl (C=O) groups excluding carboxylic acids is 1. The lowest BCUT2D eigenvalue weighted by atomic mass is 10.2. The van der Waals surface area contributed by atoms with E-state index < -0.39 is 6.09 Å². The van der Waals surface area contributed by atoms with E-state index in [1.807, 2.05) is 18.2 Å². The molecule has 1 aromatic rings. The fraction of sp³-hybridized carbons (Fsp3) is 0.333. The van der Waals surface area contributed by atoms with Gasteiger partial charge in [-0.05, 0) is 31.5 Å². The van der Waals surface area contributed by atoms with Gasteiger partial charge < -0.3 is 9.47 Å². The number of carbonyl (C=O) groups is 1. The van der Waals surface area contributed by atoms with Gasteiger partial charge >= 0.3 is 6.09 Å². The fourth-order valence-corrected chi connectivity index (χ4v) is 1.12. The van der Waals surface area contributed by atoms with Crippen molar-refractivity contribution in [1.29, 1.82) is 0 Å². The summed E-state index contributed by atoms with van der Waals surface area (Å²) in [6.07, 6.45) is 0.783. The van der Waals surface area contributed by atoms with Gasteiger partial charge in [-0.3, -0.25) is 0 Å². The zero-order chi connectivity index (χ0) is 12.7. The topological polar surface area (TPSA) is 59.9 Å². The van der Waals surface area contributed by atoms with Gasteiger partial charge in [-0.2, -0.15) is 5.10 Å². The van der Waals surface area contributed by atoms with Crippen LogP contribution in [0.25, 0.3) is 0 Å². The molecule has 17 heavy (non-hydrogen) atoms. The molecule has 1 aromatic carbocycles. The molecule has 1 rings (SSSR count). The highest BCUT2D eigenvalue weighted by Gasteiger charge is 2.01. The average Bonchev–Trinajstić information content (AvgIpc) is 2.28. The van der Waals surface area contributed by atoms with Gasteiger partial charge in [-0.25, -0.2) is 10.2 Å². The lowest BCUT2D eigenvalue weighted by Crippen LogP contribution is -2.22. The SMILES string of the molecule is COc1cccc(/C=N/NC(=O)OC(C)C)c1. The van der Waals surface area contributed by atoms with E-state index in [0.717, 1.165) is 11.3 Å². The van der Waals surface area contributed by atoms with Crippen molar-refractivity contribution in [2.75, 3.05) is 7.11 Å². The number of ether oxygens (including phenoxy) is 2. The number of nitrogens with zero attached hydrogens (tertiary/aromatic N) is 1. The second-order valence-corrected chi connectivity index (χ2v) is 3.60. The molecule has 0 heterocycles. The predicted octanol–water partition coefficient (Wildman–Crippen LogP) is 2.16. The van der Waals surface area contributed by atoms with Gasteiger partial charge in [0.25, 0.3) is 0 Å². The van der Waals surface area contributed by atoms with E-state index in [2.05, 4.69) is 10.5 Å². The van der Waals surface area contributed by atoms with Crippen molar-refractivity contribution < 1.29 is 14.3 Å². The molecule has 1 N–H and O–H groups in total. The van der Waals surface area contributed by atoms with Crippen LogP contribution < -0.4 is 10.2 Å². The Bertz CT molecular complexity index is 402. The van der Waals surface area contributed by atoms with Crippen LogP contribution in [-0.4, -0.2) is 25.5 Å². The lowest BCUT2D eigenvalue weighted by molar-refractivity contribution is 0.116. The van der Waals surface area contributed by atoms with Gasteiger partial charge in [-0.1, -0.05) is 12.1 Å². The number of hydrogen-bond donors (Lipinski definition) is 1. The lowest BCUT2D eigenvalue weighted by Gasteiger charge is -2.05. The molecule has 0 saturated heterocycles. The number of benzene rings is 1. The van der Waals surface area contributed by atoms with Crippen LogP contribution >= 0.6 is 0 Å². The normalized spacial score (nSPS) is 10.6. The summed E-state index contributed by atoms with van der Waals surface area (Å²) in [6.45, 7) is 3.54. The molecule has 0 atom stereocenters. The third-order valence-corrected chi connectivity index (χ3v) is 1.81. The summed E-state index contributed by atoms with van der Waals surface area (Å²) in [5.74, 6) is 0.735. The van der Waals surface area contributed by atoms with Gasteiger partial charge in [0.05, 0.1) is 19.4 Å². The number of hydrazone groups is 1. The maximum Gasteiger partial charge on any atom is 0.427 e. The molecule has 0 fully saturated rings. The standard InChI is InChI=1S/C12H16N2O3/c1-9(2)17-12(15)14-13-8-10-5-4-6-11(7-10)16-3/h4-9H,1-3H3,(H,14,15)/b13-8+. The Balaban J connectivity index is 2.50.